The maximum absolute atomic E-state index is 12.9. The maximum Gasteiger partial charge on any atom is 0.431 e. The molecule has 20 heavy (non-hydrogen) atoms. The zero-order valence-corrected chi connectivity index (χ0v) is 8.90. The highest BCUT2D eigenvalue weighted by atomic mass is 19.4. The fourth-order valence-corrected chi connectivity index (χ4v) is 0.961. The van der Waals surface area contributed by atoms with E-state index in [9.17, 15) is 52.7 Å². The SMILES string of the molecule is FC(F)(F)C=CC(F)(F)CC(F)(C(F)(F)F)C(F)(F)F. The molecular weight excluding hydrogens is 324 g/mol. The molecule has 0 rings (SSSR count). The smallest absolute Gasteiger partial charge is 0.223 e. The van der Waals surface area contributed by atoms with E-state index in [-0.39, 0.29) is 0 Å². The van der Waals surface area contributed by atoms with E-state index in [2.05, 4.69) is 0 Å². The monoisotopic (exact) mass is 328 g/mol. The van der Waals surface area contributed by atoms with Crippen molar-refractivity contribution in [3.8, 4) is 0 Å². The average molecular weight is 328 g/mol. The average Bonchev–Trinajstić information content (AvgIpc) is 2.09. The van der Waals surface area contributed by atoms with Gasteiger partial charge in [-0.2, -0.15) is 39.5 Å². The van der Waals surface area contributed by atoms with E-state index in [1.165, 1.54) is 0 Å². The Bertz CT molecular complexity index is 339. The van der Waals surface area contributed by atoms with E-state index in [0.29, 0.717) is 0 Å². The predicted molar refractivity (Wildman–Crippen MR) is 40.7 cm³/mol. The molecule has 12 heteroatoms. The second-order valence-corrected chi connectivity index (χ2v) is 3.61. The van der Waals surface area contributed by atoms with E-state index < -0.39 is 48.7 Å². The zero-order valence-electron chi connectivity index (χ0n) is 8.90. The van der Waals surface area contributed by atoms with Gasteiger partial charge < -0.3 is 0 Å². The minimum atomic E-state index is -6.76. The standard InChI is InChI=1S/C8H4F12/c9-4(10,1-2-6(12,13)14)3-5(11,7(15,16)17)8(18,19)20/h1-2H,3H2. The summed E-state index contributed by atoms with van der Waals surface area (Å²) in [5.74, 6) is -5.31. The molecule has 0 spiro atoms. The van der Waals surface area contributed by atoms with Crippen LogP contribution in [0.5, 0.6) is 0 Å². The Labute approximate surface area is 103 Å². The van der Waals surface area contributed by atoms with Crippen LogP contribution in [0.4, 0.5) is 52.7 Å². The number of alkyl halides is 12. The lowest BCUT2D eigenvalue weighted by atomic mass is 9.95. The third-order valence-electron chi connectivity index (χ3n) is 1.89. The van der Waals surface area contributed by atoms with Gasteiger partial charge in [-0.05, 0) is 6.08 Å². The highest BCUT2D eigenvalue weighted by molar-refractivity contribution is 5.06. The van der Waals surface area contributed by atoms with Gasteiger partial charge in [-0.15, -0.1) is 0 Å². The highest BCUT2D eigenvalue weighted by Crippen LogP contribution is 2.51. The van der Waals surface area contributed by atoms with Crippen LogP contribution in [0.25, 0.3) is 0 Å². The summed E-state index contributed by atoms with van der Waals surface area (Å²) in [6, 6.07) is 0. The molecule has 0 amide bonds. The summed E-state index contributed by atoms with van der Waals surface area (Å²) >= 11 is 0. The first-order valence-corrected chi connectivity index (χ1v) is 4.39. The van der Waals surface area contributed by atoms with E-state index >= 15 is 0 Å². The molecule has 0 aromatic carbocycles. The molecule has 0 saturated carbocycles. The minimum Gasteiger partial charge on any atom is -0.223 e. The quantitative estimate of drug-likeness (QED) is 0.507. The lowest BCUT2D eigenvalue weighted by molar-refractivity contribution is -0.352. The molecule has 0 aromatic rings. The van der Waals surface area contributed by atoms with Crippen molar-refractivity contribution in [3.05, 3.63) is 12.2 Å². The predicted octanol–water partition coefficient (Wildman–Crippen LogP) is 4.96. The molecule has 0 unspecified atom stereocenters. The van der Waals surface area contributed by atoms with Gasteiger partial charge in [0, 0.05) is 6.08 Å². The molecule has 120 valence electrons. The summed E-state index contributed by atoms with van der Waals surface area (Å²) in [4.78, 5) is 0. The Morgan fingerprint density at radius 2 is 0.900 bits per heavy atom. The van der Waals surface area contributed by atoms with Gasteiger partial charge in [-0.1, -0.05) is 0 Å². The van der Waals surface area contributed by atoms with Crippen LogP contribution in [0.2, 0.25) is 0 Å². The molecule has 0 saturated heterocycles. The van der Waals surface area contributed by atoms with Gasteiger partial charge in [0.1, 0.15) is 0 Å². The fraction of sp³-hybridized carbons (Fsp3) is 0.750. The van der Waals surface area contributed by atoms with Gasteiger partial charge in [0.2, 0.25) is 0 Å². The minimum absolute atomic E-state index is 1.27. The lowest BCUT2D eigenvalue weighted by Crippen LogP contribution is -2.55. The van der Waals surface area contributed by atoms with Crippen molar-refractivity contribution >= 4 is 0 Å². The topological polar surface area (TPSA) is 0 Å². The van der Waals surface area contributed by atoms with Crippen molar-refractivity contribution in [1.29, 1.82) is 0 Å². The Balaban J connectivity index is 5.46. The Kier molecular flexibility index (Phi) is 4.75. The molecule has 0 aliphatic heterocycles. The Morgan fingerprint density at radius 3 is 1.15 bits per heavy atom. The number of hydrogen-bond donors (Lipinski definition) is 0. The van der Waals surface area contributed by atoms with Crippen LogP contribution in [0.1, 0.15) is 6.42 Å². The van der Waals surface area contributed by atoms with Crippen LogP contribution < -0.4 is 0 Å². The van der Waals surface area contributed by atoms with E-state index in [0.717, 1.165) is 0 Å². The van der Waals surface area contributed by atoms with Crippen LogP contribution in [0, 0.1) is 0 Å². The van der Waals surface area contributed by atoms with Gasteiger partial charge in [0.05, 0.1) is 6.42 Å². The highest BCUT2D eigenvalue weighted by Gasteiger charge is 2.74. The van der Waals surface area contributed by atoms with Gasteiger partial charge >= 0.3 is 24.2 Å². The summed E-state index contributed by atoms with van der Waals surface area (Å²) < 4.78 is 144. The summed E-state index contributed by atoms with van der Waals surface area (Å²) in [7, 11) is 0. The maximum atomic E-state index is 12.9. The summed E-state index contributed by atoms with van der Waals surface area (Å²) in [5, 5.41) is 0. The molecule has 0 bridgehead atoms. The van der Waals surface area contributed by atoms with Crippen LogP contribution in [-0.2, 0) is 0 Å². The molecule has 0 nitrogen and oxygen atoms in total. The molecule has 0 radical (unpaired) electrons. The van der Waals surface area contributed by atoms with Crippen LogP contribution in [0.15, 0.2) is 12.2 Å². The number of halogens is 12. The van der Waals surface area contributed by atoms with Crippen LogP contribution in [0.3, 0.4) is 0 Å². The first-order valence-electron chi connectivity index (χ1n) is 4.39. The molecule has 0 fully saturated rings. The van der Waals surface area contributed by atoms with Crippen molar-refractivity contribution < 1.29 is 52.7 Å². The summed E-state index contributed by atoms with van der Waals surface area (Å²) in [5.41, 5.74) is -6.33. The molecule has 0 N–H and O–H groups in total. The number of allylic oxidation sites excluding steroid dienone is 2. The first-order chi connectivity index (χ1) is 8.41. The van der Waals surface area contributed by atoms with Crippen molar-refractivity contribution in [2.45, 2.75) is 36.5 Å². The summed E-state index contributed by atoms with van der Waals surface area (Å²) in [6.07, 6.45) is -25.0. The first kappa shape index (κ1) is 18.9. The zero-order chi connectivity index (χ0) is 16.6. The normalized spacial score (nSPS) is 16.0. The van der Waals surface area contributed by atoms with Crippen molar-refractivity contribution in [2.24, 2.45) is 0 Å². The third kappa shape index (κ3) is 4.78. The van der Waals surface area contributed by atoms with Crippen molar-refractivity contribution in [2.75, 3.05) is 0 Å². The molecule has 0 aliphatic carbocycles. The van der Waals surface area contributed by atoms with Crippen molar-refractivity contribution in [3.63, 3.8) is 0 Å². The second kappa shape index (κ2) is 5.02. The molecular formula is C8H4F12. The lowest BCUT2D eigenvalue weighted by Gasteiger charge is -2.31. The van der Waals surface area contributed by atoms with E-state index in [4.69, 9.17) is 0 Å². The van der Waals surface area contributed by atoms with Gasteiger partial charge in [-0.3, -0.25) is 0 Å². The Morgan fingerprint density at radius 1 is 0.550 bits per heavy atom. The van der Waals surface area contributed by atoms with Gasteiger partial charge in [0.15, 0.2) is 0 Å². The fourth-order valence-electron chi connectivity index (χ4n) is 0.961. The van der Waals surface area contributed by atoms with Gasteiger partial charge in [0.25, 0.3) is 5.92 Å². The second-order valence-electron chi connectivity index (χ2n) is 3.61. The van der Waals surface area contributed by atoms with Crippen LogP contribution >= 0.6 is 0 Å². The molecule has 0 aliphatic rings. The molecule has 0 atom stereocenters. The van der Waals surface area contributed by atoms with Crippen molar-refractivity contribution in [1.82, 2.24) is 0 Å². The molecule has 0 aromatic heterocycles. The number of rotatable bonds is 3. The molecule has 0 heterocycles. The van der Waals surface area contributed by atoms with E-state index in [1.807, 2.05) is 0 Å². The van der Waals surface area contributed by atoms with Crippen LogP contribution in [-0.4, -0.2) is 30.1 Å². The number of hydrogen-bond acceptors (Lipinski definition) is 0. The summed E-state index contributed by atoms with van der Waals surface area (Å²) in [6.45, 7) is 0. The Hall–Kier alpha value is -1.10. The largest absolute Gasteiger partial charge is 0.431 e. The van der Waals surface area contributed by atoms with E-state index in [1.54, 1.807) is 0 Å². The third-order valence-corrected chi connectivity index (χ3v) is 1.89. The van der Waals surface area contributed by atoms with Gasteiger partial charge in [-0.25, -0.2) is 13.2 Å².